The van der Waals surface area contributed by atoms with Crippen molar-refractivity contribution < 1.29 is 9.53 Å². The van der Waals surface area contributed by atoms with Gasteiger partial charge in [0.15, 0.2) is 0 Å². The smallest absolute Gasteiger partial charge is 0.328 e. The maximum atomic E-state index is 11.7. The van der Waals surface area contributed by atoms with Crippen LogP contribution in [0.5, 0.6) is 0 Å². The molecule has 0 aliphatic heterocycles. The van der Waals surface area contributed by atoms with Crippen LogP contribution >= 0.6 is 34.8 Å². The molecule has 0 radical (unpaired) electrons. The van der Waals surface area contributed by atoms with Gasteiger partial charge in [-0.2, -0.15) is 0 Å². The van der Waals surface area contributed by atoms with Crippen molar-refractivity contribution in [2.75, 3.05) is 12.4 Å². The molecular weight excluding hydrogens is 311 g/mol. The summed E-state index contributed by atoms with van der Waals surface area (Å²) in [4.78, 5) is 15.7. The maximum Gasteiger partial charge on any atom is 0.328 e. The monoisotopic (exact) mass is 324 g/mol. The van der Waals surface area contributed by atoms with Crippen molar-refractivity contribution >= 4 is 46.6 Å². The van der Waals surface area contributed by atoms with E-state index in [-0.39, 0.29) is 16.1 Å². The lowest BCUT2D eigenvalue weighted by Gasteiger charge is -2.19. The fourth-order valence-electron chi connectivity index (χ4n) is 1.54. The average molecular weight is 326 g/mol. The third-order valence-corrected chi connectivity index (χ3v) is 3.35. The topological polar surface area (TPSA) is 51.2 Å². The van der Waals surface area contributed by atoms with Crippen molar-refractivity contribution in [3.8, 4) is 0 Å². The van der Waals surface area contributed by atoms with Crippen LogP contribution < -0.4 is 5.32 Å². The number of carbonyl (C=O) groups is 1. The number of halogens is 3. The van der Waals surface area contributed by atoms with Crippen LogP contribution in [0.25, 0.3) is 0 Å². The van der Waals surface area contributed by atoms with Gasteiger partial charge in [0.2, 0.25) is 0 Å². The molecule has 1 unspecified atom stereocenters. The van der Waals surface area contributed by atoms with Crippen LogP contribution in [-0.2, 0) is 9.53 Å². The molecule has 0 spiro atoms. The molecule has 4 nitrogen and oxygen atoms in total. The molecule has 1 N–H and O–H groups in total. The second-order valence-corrected chi connectivity index (χ2v) is 5.61. The highest BCUT2D eigenvalue weighted by Gasteiger charge is 2.22. The standard InChI is InChI=1S/C12H15Cl3N2O2/c1-6(2)4-9(12(18)19-3)16-11-8(14)5-7(13)10(15)17-11/h5-6,9H,4H2,1-3H3,(H,16,17). The number of esters is 1. The van der Waals surface area contributed by atoms with Gasteiger partial charge in [-0.05, 0) is 18.4 Å². The molecule has 0 saturated carbocycles. The molecule has 0 fully saturated rings. The number of nitrogens with one attached hydrogen (secondary N) is 1. The van der Waals surface area contributed by atoms with E-state index in [2.05, 4.69) is 10.3 Å². The first-order chi connectivity index (χ1) is 8.85. The number of methoxy groups -OCH3 is 1. The van der Waals surface area contributed by atoms with Crippen LogP contribution in [0, 0.1) is 5.92 Å². The predicted octanol–water partition coefficient (Wildman–Crippen LogP) is 4.04. The SMILES string of the molecule is COC(=O)C(CC(C)C)Nc1nc(Cl)c(Cl)cc1Cl. The van der Waals surface area contributed by atoms with E-state index in [0.29, 0.717) is 23.2 Å². The number of pyridine rings is 1. The second kappa shape index (κ2) is 7.17. The molecule has 1 aromatic heterocycles. The summed E-state index contributed by atoms with van der Waals surface area (Å²) >= 11 is 17.6. The lowest BCUT2D eigenvalue weighted by atomic mass is 10.0. The molecule has 0 saturated heterocycles. The molecule has 19 heavy (non-hydrogen) atoms. The number of hydrogen-bond acceptors (Lipinski definition) is 4. The van der Waals surface area contributed by atoms with Crippen LogP contribution in [0.4, 0.5) is 5.82 Å². The van der Waals surface area contributed by atoms with Gasteiger partial charge in [0.25, 0.3) is 0 Å². The molecule has 0 bridgehead atoms. The zero-order valence-electron chi connectivity index (χ0n) is 10.8. The molecule has 1 atom stereocenters. The van der Waals surface area contributed by atoms with E-state index in [1.165, 1.54) is 13.2 Å². The Kier molecular flexibility index (Phi) is 6.17. The van der Waals surface area contributed by atoms with E-state index in [0.717, 1.165) is 0 Å². The summed E-state index contributed by atoms with van der Waals surface area (Å²) in [5.41, 5.74) is 0. The Balaban J connectivity index is 2.96. The van der Waals surface area contributed by atoms with Gasteiger partial charge in [0.1, 0.15) is 17.0 Å². The number of rotatable bonds is 5. The number of nitrogens with zero attached hydrogens (tertiary/aromatic N) is 1. The van der Waals surface area contributed by atoms with Gasteiger partial charge in [-0.3, -0.25) is 0 Å². The van der Waals surface area contributed by atoms with Crippen molar-refractivity contribution in [2.45, 2.75) is 26.3 Å². The van der Waals surface area contributed by atoms with Gasteiger partial charge >= 0.3 is 5.97 Å². The van der Waals surface area contributed by atoms with Gasteiger partial charge in [0, 0.05) is 0 Å². The van der Waals surface area contributed by atoms with E-state index in [4.69, 9.17) is 39.5 Å². The van der Waals surface area contributed by atoms with Crippen LogP contribution in [0.1, 0.15) is 20.3 Å². The van der Waals surface area contributed by atoms with Crippen molar-refractivity contribution in [1.82, 2.24) is 4.98 Å². The van der Waals surface area contributed by atoms with E-state index in [9.17, 15) is 4.79 Å². The first kappa shape index (κ1) is 16.3. The first-order valence-electron chi connectivity index (χ1n) is 5.71. The predicted molar refractivity (Wildman–Crippen MR) is 78.1 cm³/mol. The normalized spacial score (nSPS) is 12.4. The minimum absolute atomic E-state index is 0.127. The van der Waals surface area contributed by atoms with Crippen LogP contribution in [0.2, 0.25) is 15.2 Å². The second-order valence-electron chi connectivity index (χ2n) is 4.44. The highest BCUT2D eigenvalue weighted by Crippen LogP contribution is 2.29. The summed E-state index contributed by atoms with van der Waals surface area (Å²) in [5, 5.41) is 3.62. The molecule has 0 aromatic carbocycles. The molecule has 106 valence electrons. The third-order valence-electron chi connectivity index (χ3n) is 2.39. The van der Waals surface area contributed by atoms with Crippen LogP contribution in [0.15, 0.2) is 6.07 Å². The Morgan fingerprint density at radius 1 is 1.37 bits per heavy atom. The Hall–Kier alpha value is -0.710. The van der Waals surface area contributed by atoms with Crippen molar-refractivity contribution in [3.63, 3.8) is 0 Å². The summed E-state index contributed by atoms with van der Waals surface area (Å²) in [6.45, 7) is 4.00. The third kappa shape index (κ3) is 4.71. The molecule has 7 heteroatoms. The summed E-state index contributed by atoms with van der Waals surface area (Å²) < 4.78 is 4.75. The lowest BCUT2D eigenvalue weighted by Crippen LogP contribution is -2.32. The minimum Gasteiger partial charge on any atom is -0.467 e. The minimum atomic E-state index is -0.535. The van der Waals surface area contributed by atoms with Crippen molar-refractivity contribution in [3.05, 3.63) is 21.3 Å². The number of hydrogen-bond donors (Lipinski definition) is 1. The summed E-state index contributed by atoms with van der Waals surface area (Å²) in [6.07, 6.45) is 0.588. The molecule has 0 aliphatic carbocycles. The first-order valence-corrected chi connectivity index (χ1v) is 6.84. The molecule has 0 amide bonds. The number of ether oxygens (including phenoxy) is 1. The zero-order valence-corrected chi connectivity index (χ0v) is 13.1. The largest absolute Gasteiger partial charge is 0.467 e. The highest BCUT2D eigenvalue weighted by atomic mass is 35.5. The summed E-state index contributed by atoms with van der Waals surface area (Å²) in [5.74, 6) is 0.239. The molecular formula is C12H15Cl3N2O2. The van der Waals surface area contributed by atoms with Gasteiger partial charge in [-0.25, -0.2) is 9.78 Å². The molecule has 0 aliphatic rings. The zero-order chi connectivity index (χ0) is 14.6. The number of aromatic nitrogens is 1. The van der Waals surface area contributed by atoms with Gasteiger partial charge in [0.05, 0.1) is 17.2 Å². The number of carbonyl (C=O) groups excluding carboxylic acids is 1. The van der Waals surface area contributed by atoms with E-state index in [1.807, 2.05) is 13.8 Å². The quantitative estimate of drug-likeness (QED) is 0.655. The summed E-state index contributed by atoms with van der Waals surface area (Å²) in [6, 6.07) is 0.942. The Labute approximate surface area is 127 Å². The van der Waals surface area contributed by atoms with Gasteiger partial charge < -0.3 is 10.1 Å². The Morgan fingerprint density at radius 2 is 2.00 bits per heavy atom. The molecule has 1 heterocycles. The fraction of sp³-hybridized carbons (Fsp3) is 0.500. The van der Waals surface area contributed by atoms with Gasteiger partial charge in [-0.15, -0.1) is 0 Å². The highest BCUT2D eigenvalue weighted by molar-refractivity contribution is 6.42. The maximum absolute atomic E-state index is 11.7. The van der Waals surface area contributed by atoms with E-state index >= 15 is 0 Å². The van der Waals surface area contributed by atoms with Crippen molar-refractivity contribution in [2.24, 2.45) is 5.92 Å². The van der Waals surface area contributed by atoms with E-state index < -0.39 is 6.04 Å². The lowest BCUT2D eigenvalue weighted by molar-refractivity contribution is -0.141. The van der Waals surface area contributed by atoms with Crippen molar-refractivity contribution in [1.29, 1.82) is 0 Å². The fourth-order valence-corrected chi connectivity index (χ4v) is 2.09. The Bertz CT molecular complexity index is 467. The van der Waals surface area contributed by atoms with E-state index in [1.54, 1.807) is 0 Å². The van der Waals surface area contributed by atoms with Gasteiger partial charge in [-0.1, -0.05) is 48.7 Å². The number of anilines is 1. The average Bonchev–Trinajstić information content (AvgIpc) is 2.33. The van der Waals surface area contributed by atoms with Crippen LogP contribution in [-0.4, -0.2) is 24.1 Å². The molecule has 1 aromatic rings. The van der Waals surface area contributed by atoms with Crippen LogP contribution in [0.3, 0.4) is 0 Å². The molecule has 1 rings (SSSR count). The Morgan fingerprint density at radius 3 is 2.53 bits per heavy atom. The summed E-state index contributed by atoms with van der Waals surface area (Å²) in [7, 11) is 1.33.